The SMILES string of the molecule is CCCN(CCCN)CCOC(C)C. The molecule has 0 spiro atoms. The summed E-state index contributed by atoms with van der Waals surface area (Å²) in [7, 11) is 0. The van der Waals surface area contributed by atoms with E-state index in [1.54, 1.807) is 0 Å². The molecule has 14 heavy (non-hydrogen) atoms. The molecular formula is C11H26N2O. The molecule has 3 nitrogen and oxygen atoms in total. The van der Waals surface area contributed by atoms with E-state index in [0.717, 1.165) is 39.2 Å². The van der Waals surface area contributed by atoms with Gasteiger partial charge >= 0.3 is 0 Å². The number of ether oxygens (including phenoxy) is 1. The van der Waals surface area contributed by atoms with Gasteiger partial charge in [-0.25, -0.2) is 0 Å². The number of nitrogens with two attached hydrogens (primary N) is 1. The van der Waals surface area contributed by atoms with Crippen LogP contribution in [0.4, 0.5) is 0 Å². The Kier molecular flexibility index (Phi) is 9.35. The van der Waals surface area contributed by atoms with E-state index in [1.807, 2.05) is 0 Å². The molecule has 3 heteroatoms. The number of hydrogen-bond donors (Lipinski definition) is 1. The Morgan fingerprint density at radius 3 is 2.43 bits per heavy atom. The average molecular weight is 202 g/mol. The molecule has 86 valence electrons. The fourth-order valence-electron chi connectivity index (χ4n) is 1.38. The van der Waals surface area contributed by atoms with Gasteiger partial charge in [0.15, 0.2) is 0 Å². The average Bonchev–Trinajstić information content (AvgIpc) is 2.13. The van der Waals surface area contributed by atoms with Gasteiger partial charge in [0.25, 0.3) is 0 Å². The van der Waals surface area contributed by atoms with Gasteiger partial charge in [0.1, 0.15) is 0 Å². The van der Waals surface area contributed by atoms with Crippen LogP contribution in [0.15, 0.2) is 0 Å². The summed E-state index contributed by atoms with van der Waals surface area (Å²) in [5, 5.41) is 0. The minimum absolute atomic E-state index is 0.341. The Morgan fingerprint density at radius 1 is 1.21 bits per heavy atom. The van der Waals surface area contributed by atoms with Crippen molar-refractivity contribution in [1.82, 2.24) is 4.90 Å². The highest BCUT2D eigenvalue weighted by Crippen LogP contribution is 1.95. The summed E-state index contributed by atoms with van der Waals surface area (Å²) in [6, 6.07) is 0. The Hall–Kier alpha value is -0.120. The smallest absolute Gasteiger partial charge is 0.0596 e. The van der Waals surface area contributed by atoms with E-state index in [2.05, 4.69) is 25.7 Å². The Balaban J connectivity index is 3.50. The van der Waals surface area contributed by atoms with Gasteiger partial charge in [0, 0.05) is 6.54 Å². The van der Waals surface area contributed by atoms with Crippen molar-refractivity contribution in [2.45, 2.75) is 39.7 Å². The number of nitrogens with zero attached hydrogens (tertiary/aromatic N) is 1. The third-order valence-corrected chi connectivity index (χ3v) is 2.08. The molecule has 0 aliphatic heterocycles. The second kappa shape index (κ2) is 9.44. The summed E-state index contributed by atoms with van der Waals surface area (Å²) in [5.41, 5.74) is 5.49. The van der Waals surface area contributed by atoms with Crippen molar-refractivity contribution < 1.29 is 4.74 Å². The van der Waals surface area contributed by atoms with Gasteiger partial charge in [-0.2, -0.15) is 0 Å². The van der Waals surface area contributed by atoms with Gasteiger partial charge < -0.3 is 15.4 Å². The summed E-state index contributed by atoms with van der Waals surface area (Å²) in [4.78, 5) is 2.43. The van der Waals surface area contributed by atoms with Crippen molar-refractivity contribution in [3.63, 3.8) is 0 Å². The zero-order valence-corrected chi connectivity index (χ0v) is 9.96. The number of rotatable bonds is 9. The molecule has 0 aliphatic rings. The predicted molar refractivity (Wildman–Crippen MR) is 61.5 cm³/mol. The van der Waals surface area contributed by atoms with Crippen LogP contribution in [0, 0.1) is 0 Å². The second-order valence-corrected chi connectivity index (χ2v) is 3.90. The molecule has 0 aromatic rings. The van der Waals surface area contributed by atoms with E-state index in [9.17, 15) is 0 Å². The molecular weight excluding hydrogens is 176 g/mol. The van der Waals surface area contributed by atoms with Gasteiger partial charge in [0.05, 0.1) is 12.7 Å². The predicted octanol–water partition coefficient (Wildman–Crippen LogP) is 1.47. The van der Waals surface area contributed by atoms with Crippen molar-refractivity contribution in [2.24, 2.45) is 5.73 Å². The molecule has 0 aromatic carbocycles. The molecule has 0 unspecified atom stereocenters. The summed E-state index contributed by atoms with van der Waals surface area (Å²) in [6.45, 7) is 11.3. The maximum absolute atomic E-state index is 5.53. The standard InChI is InChI=1S/C11H26N2O/c1-4-7-13(8-5-6-12)9-10-14-11(2)3/h11H,4-10,12H2,1-3H3. The van der Waals surface area contributed by atoms with Crippen molar-refractivity contribution >= 4 is 0 Å². The van der Waals surface area contributed by atoms with E-state index < -0.39 is 0 Å². The molecule has 0 rings (SSSR count). The van der Waals surface area contributed by atoms with Crippen molar-refractivity contribution in [2.75, 3.05) is 32.8 Å². The fraction of sp³-hybridized carbons (Fsp3) is 1.00. The molecule has 0 atom stereocenters. The van der Waals surface area contributed by atoms with Crippen LogP contribution < -0.4 is 5.73 Å². The Morgan fingerprint density at radius 2 is 1.93 bits per heavy atom. The zero-order valence-electron chi connectivity index (χ0n) is 9.96. The van der Waals surface area contributed by atoms with Crippen LogP contribution in [0.2, 0.25) is 0 Å². The minimum Gasteiger partial charge on any atom is -0.377 e. The zero-order chi connectivity index (χ0) is 10.8. The highest BCUT2D eigenvalue weighted by molar-refractivity contribution is 4.57. The maximum atomic E-state index is 5.53. The Bertz CT molecular complexity index is 118. The summed E-state index contributed by atoms with van der Waals surface area (Å²) in [6.07, 6.45) is 2.63. The van der Waals surface area contributed by atoms with Crippen LogP contribution in [0.3, 0.4) is 0 Å². The van der Waals surface area contributed by atoms with Gasteiger partial charge in [0.2, 0.25) is 0 Å². The molecule has 0 aliphatic carbocycles. The van der Waals surface area contributed by atoms with Crippen molar-refractivity contribution in [3.8, 4) is 0 Å². The summed E-state index contributed by atoms with van der Waals surface area (Å²) >= 11 is 0. The topological polar surface area (TPSA) is 38.5 Å². The van der Waals surface area contributed by atoms with Crippen molar-refractivity contribution in [1.29, 1.82) is 0 Å². The van der Waals surface area contributed by atoms with E-state index in [0.29, 0.717) is 6.10 Å². The second-order valence-electron chi connectivity index (χ2n) is 3.90. The molecule has 0 amide bonds. The highest BCUT2D eigenvalue weighted by Gasteiger charge is 2.03. The van der Waals surface area contributed by atoms with E-state index in [1.165, 1.54) is 6.42 Å². The summed E-state index contributed by atoms with van der Waals surface area (Å²) in [5.74, 6) is 0. The first-order valence-corrected chi connectivity index (χ1v) is 5.74. The van der Waals surface area contributed by atoms with Gasteiger partial charge in [-0.15, -0.1) is 0 Å². The van der Waals surface area contributed by atoms with Gasteiger partial charge in [-0.3, -0.25) is 0 Å². The first-order chi connectivity index (χ1) is 6.70. The highest BCUT2D eigenvalue weighted by atomic mass is 16.5. The lowest BCUT2D eigenvalue weighted by Gasteiger charge is -2.21. The lowest BCUT2D eigenvalue weighted by atomic mass is 10.3. The molecule has 0 saturated heterocycles. The summed E-state index contributed by atoms with van der Waals surface area (Å²) < 4.78 is 5.53. The lowest BCUT2D eigenvalue weighted by molar-refractivity contribution is 0.0588. The van der Waals surface area contributed by atoms with Crippen LogP contribution in [0.5, 0.6) is 0 Å². The first-order valence-electron chi connectivity index (χ1n) is 5.74. The molecule has 0 aromatic heterocycles. The third kappa shape index (κ3) is 8.48. The lowest BCUT2D eigenvalue weighted by Crippen LogP contribution is -2.31. The van der Waals surface area contributed by atoms with Crippen LogP contribution in [-0.4, -0.2) is 43.8 Å². The molecule has 0 saturated carbocycles. The number of hydrogen-bond acceptors (Lipinski definition) is 3. The monoisotopic (exact) mass is 202 g/mol. The molecule has 0 radical (unpaired) electrons. The van der Waals surface area contributed by atoms with Crippen molar-refractivity contribution in [3.05, 3.63) is 0 Å². The van der Waals surface area contributed by atoms with Gasteiger partial charge in [-0.05, 0) is 46.3 Å². The molecule has 0 bridgehead atoms. The molecule has 0 fully saturated rings. The Labute approximate surface area is 88.6 Å². The van der Waals surface area contributed by atoms with E-state index in [4.69, 9.17) is 10.5 Å². The first kappa shape index (κ1) is 13.9. The molecule has 0 heterocycles. The van der Waals surface area contributed by atoms with E-state index in [-0.39, 0.29) is 0 Å². The van der Waals surface area contributed by atoms with Crippen LogP contribution in [0.25, 0.3) is 0 Å². The largest absolute Gasteiger partial charge is 0.377 e. The quantitative estimate of drug-likeness (QED) is 0.615. The van der Waals surface area contributed by atoms with E-state index >= 15 is 0 Å². The minimum atomic E-state index is 0.341. The van der Waals surface area contributed by atoms with Crippen LogP contribution >= 0.6 is 0 Å². The van der Waals surface area contributed by atoms with Gasteiger partial charge in [-0.1, -0.05) is 6.92 Å². The van der Waals surface area contributed by atoms with Crippen LogP contribution in [-0.2, 0) is 4.74 Å². The third-order valence-electron chi connectivity index (χ3n) is 2.08. The maximum Gasteiger partial charge on any atom is 0.0596 e. The fourth-order valence-corrected chi connectivity index (χ4v) is 1.38. The normalized spacial score (nSPS) is 11.6. The van der Waals surface area contributed by atoms with Crippen LogP contribution in [0.1, 0.15) is 33.6 Å². The molecule has 2 N–H and O–H groups in total.